The van der Waals surface area contributed by atoms with E-state index in [0.29, 0.717) is 28.7 Å². The van der Waals surface area contributed by atoms with Crippen LogP contribution >= 0.6 is 23.1 Å². The molecule has 0 spiro atoms. The maximum Gasteiger partial charge on any atom is 0.337 e. The van der Waals surface area contributed by atoms with Crippen molar-refractivity contribution in [2.45, 2.75) is 38.1 Å². The lowest BCUT2D eigenvalue weighted by Gasteiger charge is -2.05. The van der Waals surface area contributed by atoms with Gasteiger partial charge in [0.2, 0.25) is 5.91 Å². The lowest BCUT2D eigenvalue weighted by Crippen LogP contribution is -2.23. The Morgan fingerprint density at radius 2 is 1.88 bits per heavy atom. The van der Waals surface area contributed by atoms with E-state index in [1.807, 2.05) is 6.92 Å². The van der Waals surface area contributed by atoms with Crippen LogP contribution in [0.4, 0.5) is 0 Å². The van der Waals surface area contributed by atoms with Crippen LogP contribution in [-0.2, 0) is 25.6 Å². The van der Waals surface area contributed by atoms with Gasteiger partial charge in [-0.2, -0.15) is 4.99 Å². The number of amides is 1. The second-order valence-corrected chi connectivity index (χ2v) is 9.40. The second kappa shape index (κ2) is 11.8. The minimum atomic E-state index is -0.456. The SMILES string of the molecule is CCOC(=O)Cn1c(=NC(=O)CCCSc2ccc(C)cc2)sc2cc(C(=O)OC)ccc21. The van der Waals surface area contributed by atoms with Crippen molar-refractivity contribution in [3.05, 3.63) is 58.4 Å². The van der Waals surface area contributed by atoms with Crippen molar-refractivity contribution >= 4 is 51.2 Å². The maximum atomic E-state index is 12.6. The number of thiazole rings is 1. The van der Waals surface area contributed by atoms with Crippen LogP contribution in [0.3, 0.4) is 0 Å². The summed E-state index contributed by atoms with van der Waals surface area (Å²) in [6.45, 7) is 3.98. The predicted molar refractivity (Wildman–Crippen MR) is 129 cm³/mol. The molecular weight excluding hydrogens is 460 g/mol. The van der Waals surface area contributed by atoms with E-state index in [0.717, 1.165) is 10.5 Å². The fraction of sp³-hybridized carbons (Fsp3) is 0.333. The van der Waals surface area contributed by atoms with Gasteiger partial charge in [0.1, 0.15) is 6.54 Å². The van der Waals surface area contributed by atoms with Gasteiger partial charge in [0.25, 0.3) is 0 Å². The van der Waals surface area contributed by atoms with Gasteiger partial charge in [-0.25, -0.2) is 4.79 Å². The Balaban J connectivity index is 1.77. The van der Waals surface area contributed by atoms with Gasteiger partial charge in [0, 0.05) is 11.3 Å². The summed E-state index contributed by atoms with van der Waals surface area (Å²) in [6, 6.07) is 13.3. The van der Waals surface area contributed by atoms with E-state index in [1.54, 1.807) is 41.5 Å². The molecule has 0 saturated heterocycles. The molecule has 0 atom stereocenters. The van der Waals surface area contributed by atoms with E-state index in [4.69, 9.17) is 9.47 Å². The molecule has 1 aromatic heterocycles. The van der Waals surface area contributed by atoms with Crippen molar-refractivity contribution in [2.75, 3.05) is 19.5 Å². The molecule has 2 aromatic carbocycles. The molecule has 0 unspecified atom stereocenters. The molecule has 0 fully saturated rings. The van der Waals surface area contributed by atoms with Crippen LogP contribution in [0.2, 0.25) is 0 Å². The molecule has 9 heteroatoms. The fourth-order valence-electron chi connectivity index (χ4n) is 3.10. The maximum absolute atomic E-state index is 12.6. The van der Waals surface area contributed by atoms with Crippen LogP contribution < -0.4 is 4.80 Å². The van der Waals surface area contributed by atoms with Gasteiger partial charge >= 0.3 is 11.9 Å². The van der Waals surface area contributed by atoms with Crippen LogP contribution in [-0.4, -0.2) is 41.9 Å². The number of nitrogens with zero attached hydrogens (tertiary/aromatic N) is 2. The number of hydrogen-bond acceptors (Lipinski definition) is 7. The van der Waals surface area contributed by atoms with Crippen molar-refractivity contribution in [3.8, 4) is 0 Å². The van der Waals surface area contributed by atoms with E-state index >= 15 is 0 Å². The number of aryl methyl sites for hydroxylation is 1. The van der Waals surface area contributed by atoms with E-state index in [9.17, 15) is 14.4 Å². The highest BCUT2D eigenvalue weighted by Gasteiger charge is 2.15. The van der Waals surface area contributed by atoms with Gasteiger partial charge in [-0.15, -0.1) is 11.8 Å². The summed E-state index contributed by atoms with van der Waals surface area (Å²) in [7, 11) is 1.32. The molecule has 33 heavy (non-hydrogen) atoms. The summed E-state index contributed by atoms with van der Waals surface area (Å²) >= 11 is 2.95. The predicted octanol–water partition coefficient (Wildman–Crippen LogP) is 4.36. The highest BCUT2D eigenvalue weighted by atomic mass is 32.2. The minimum Gasteiger partial charge on any atom is -0.465 e. The third kappa shape index (κ3) is 6.79. The van der Waals surface area contributed by atoms with E-state index in [1.165, 1.54) is 28.9 Å². The monoisotopic (exact) mass is 486 g/mol. The van der Waals surface area contributed by atoms with E-state index < -0.39 is 11.9 Å². The molecule has 0 aliphatic carbocycles. The first-order chi connectivity index (χ1) is 15.9. The van der Waals surface area contributed by atoms with Crippen molar-refractivity contribution < 1.29 is 23.9 Å². The summed E-state index contributed by atoms with van der Waals surface area (Å²) < 4.78 is 12.2. The van der Waals surface area contributed by atoms with Crippen LogP contribution in [0.15, 0.2) is 52.4 Å². The Morgan fingerprint density at radius 3 is 2.58 bits per heavy atom. The molecule has 0 aliphatic rings. The molecule has 3 rings (SSSR count). The number of methoxy groups -OCH3 is 1. The lowest BCUT2D eigenvalue weighted by molar-refractivity contribution is -0.143. The number of thioether (sulfide) groups is 1. The largest absolute Gasteiger partial charge is 0.465 e. The highest BCUT2D eigenvalue weighted by molar-refractivity contribution is 7.99. The van der Waals surface area contributed by atoms with Crippen molar-refractivity contribution in [1.82, 2.24) is 4.57 Å². The van der Waals surface area contributed by atoms with Gasteiger partial charge in [-0.3, -0.25) is 9.59 Å². The van der Waals surface area contributed by atoms with E-state index in [-0.39, 0.29) is 19.1 Å². The third-order valence-corrected chi connectivity index (χ3v) is 6.88. The number of fused-ring (bicyclic) bond motifs is 1. The van der Waals surface area contributed by atoms with E-state index in [2.05, 4.69) is 29.3 Å². The van der Waals surface area contributed by atoms with Crippen LogP contribution in [0.1, 0.15) is 35.7 Å². The first-order valence-corrected chi connectivity index (χ1v) is 12.4. The zero-order chi connectivity index (χ0) is 23.8. The summed E-state index contributed by atoms with van der Waals surface area (Å²) in [4.78, 5) is 42.4. The number of aromatic nitrogens is 1. The quantitative estimate of drug-likeness (QED) is 0.254. The number of carbonyl (C=O) groups is 3. The van der Waals surface area contributed by atoms with Crippen LogP contribution in [0.5, 0.6) is 0 Å². The molecule has 1 heterocycles. The smallest absolute Gasteiger partial charge is 0.337 e. The summed E-state index contributed by atoms with van der Waals surface area (Å²) in [5, 5.41) is 0. The number of ether oxygens (including phenoxy) is 2. The summed E-state index contributed by atoms with van der Waals surface area (Å²) in [5.41, 5.74) is 2.30. The van der Waals surface area contributed by atoms with Crippen molar-refractivity contribution in [3.63, 3.8) is 0 Å². The zero-order valence-corrected chi connectivity index (χ0v) is 20.5. The Hall–Kier alpha value is -2.91. The van der Waals surface area contributed by atoms with Crippen molar-refractivity contribution in [2.24, 2.45) is 4.99 Å². The molecule has 0 saturated carbocycles. The number of rotatable bonds is 9. The molecule has 0 bridgehead atoms. The fourth-order valence-corrected chi connectivity index (χ4v) is 5.04. The topological polar surface area (TPSA) is 87.0 Å². The number of hydrogen-bond donors (Lipinski definition) is 0. The first-order valence-electron chi connectivity index (χ1n) is 10.6. The Bertz CT molecular complexity index is 1210. The Kier molecular flexibility index (Phi) is 8.85. The second-order valence-electron chi connectivity index (χ2n) is 7.22. The molecule has 1 amide bonds. The average Bonchev–Trinajstić information content (AvgIpc) is 3.13. The summed E-state index contributed by atoms with van der Waals surface area (Å²) in [6.07, 6.45) is 0.996. The first kappa shape index (κ1) is 24.7. The van der Waals surface area contributed by atoms with Gasteiger partial charge in [-0.1, -0.05) is 29.0 Å². The Labute approximate surface area is 200 Å². The highest BCUT2D eigenvalue weighted by Crippen LogP contribution is 2.21. The van der Waals surface area contributed by atoms with Gasteiger partial charge < -0.3 is 14.0 Å². The summed E-state index contributed by atoms with van der Waals surface area (Å²) in [5.74, 6) is -0.320. The molecule has 3 aromatic rings. The average molecular weight is 487 g/mol. The third-order valence-electron chi connectivity index (χ3n) is 4.74. The Morgan fingerprint density at radius 1 is 1.12 bits per heavy atom. The van der Waals surface area contributed by atoms with Crippen LogP contribution in [0.25, 0.3) is 10.2 Å². The van der Waals surface area contributed by atoms with Gasteiger partial charge in [-0.05, 0) is 56.4 Å². The number of esters is 2. The molecular formula is C24H26N2O5S2. The molecule has 0 N–H and O–H groups in total. The molecule has 174 valence electrons. The standard InChI is InChI=1S/C24H26N2O5S2/c1-4-31-22(28)15-26-19-12-9-17(23(29)30-3)14-20(19)33-24(26)25-21(27)6-5-13-32-18-10-7-16(2)8-11-18/h7-12,14H,4-6,13,15H2,1-3H3. The number of carbonyl (C=O) groups excluding carboxylic acids is 3. The van der Waals surface area contributed by atoms with Crippen LogP contribution in [0, 0.1) is 6.92 Å². The zero-order valence-electron chi connectivity index (χ0n) is 18.8. The molecule has 0 radical (unpaired) electrons. The van der Waals surface area contributed by atoms with Gasteiger partial charge in [0.05, 0.1) is 29.5 Å². The number of benzene rings is 2. The molecule has 0 aliphatic heterocycles. The molecule has 7 nitrogen and oxygen atoms in total. The van der Waals surface area contributed by atoms with Gasteiger partial charge in [0.15, 0.2) is 4.80 Å². The lowest BCUT2D eigenvalue weighted by atomic mass is 10.2. The normalized spacial score (nSPS) is 11.5. The van der Waals surface area contributed by atoms with Crippen molar-refractivity contribution in [1.29, 1.82) is 0 Å². The minimum absolute atomic E-state index is 0.0687.